The van der Waals surface area contributed by atoms with Crippen LogP contribution in [0.15, 0.2) is 0 Å². The normalized spacial score (nSPS) is 38.1. The number of aryl methyl sites for hydroxylation is 1. The number of nitrogens with zero attached hydrogens (tertiary/aromatic N) is 2. The first kappa shape index (κ1) is 12.4. The van der Waals surface area contributed by atoms with E-state index in [0.29, 0.717) is 17.8 Å². The summed E-state index contributed by atoms with van der Waals surface area (Å²) in [6.07, 6.45) is 7.46. The third-order valence-corrected chi connectivity index (χ3v) is 5.81. The van der Waals surface area contributed by atoms with Crippen molar-refractivity contribution in [1.29, 1.82) is 0 Å². The van der Waals surface area contributed by atoms with E-state index in [9.17, 15) is 4.79 Å². The molecular formula is C15H22N4O. The fourth-order valence-electron chi connectivity index (χ4n) is 5.02. The van der Waals surface area contributed by atoms with Gasteiger partial charge < -0.3 is 5.32 Å². The van der Waals surface area contributed by atoms with Gasteiger partial charge in [-0.2, -0.15) is 0 Å². The summed E-state index contributed by atoms with van der Waals surface area (Å²) in [6, 6.07) is 0.357. The number of carbonyl (C=O) groups excluding carboxylic acids is 1. The minimum absolute atomic E-state index is 0.104. The third-order valence-electron chi connectivity index (χ3n) is 5.81. The minimum Gasteiger partial charge on any atom is -0.346 e. The summed E-state index contributed by atoms with van der Waals surface area (Å²) < 4.78 is 0. The summed E-state index contributed by atoms with van der Waals surface area (Å²) in [5, 5.41) is 10.0. The lowest BCUT2D eigenvalue weighted by Gasteiger charge is -2.31. The molecule has 20 heavy (non-hydrogen) atoms. The average Bonchev–Trinajstić information content (AvgIpc) is 3.19. The molecule has 3 fully saturated rings. The van der Waals surface area contributed by atoms with Gasteiger partial charge in [0.25, 0.3) is 5.91 Å². The van der Waals surface area contributed by atoms with Crippen molar-refractivity contribution in [3.8, 4) is 0 Å². The third kappa shape index (κ3) is 1.79. The Kier molecular flexibility index (Phi) is 2.82. The number of fused-ring (bicyclic) bond motifs is 5. The van der Waals surface area contributed by atoms with Crippen LogP contribution in [0.1, 0.15) is 55.5 Å². The molecule has 1 aromatic rings. The Balaban J connectivity index is 1.44. The van der Waals surface area contributed by atoms with Gasteiger partial charge in [-0.05, 0) is 49.4 Å². The van der Waals surface area contributed by atoms with Crippen molar-refractivity contribution in [2.24, 2.45) is 23.7 Å². The van der Waals surface area contributed by atoms with Crippen molar-refractivity contribution in [2.75, 3.05) is 0 Å². The highest BCUT2D eigenvalue weighted by Crippen LogP contribution is 2.58. The van der Waals surface area contributed by atoms with E-state index >= 15 is 0 Å². The summed E-state index contributed by atoms with van der Waals surface area (Å²) in [7, 11) is 0. The number of aromatic amines is 1. The Morgan fingerprint density at radius 1 is 1.30 bits per heavy atom. The largest absolute Gasteiger partial charge is 0.346 e. The number of H-pyrrole nitrogens is 1. The molecule has 108 valence electrons. The number of carbonyl (C=O) groups is 1. The number of hydrogen-bond donors (Lipinski definition) is 2. The molecule has 5 unspecified atom stereocenters. The molecule has 0 aliphatic heterocycles. The van der Waals surface area contributed by atoms with E-state index in [2.05, 4.69) is 20.5 Å². The van der Waals surface area contributed by atoms with Gasteiger partial charge in [-0.15, -0.1) is 5.10 Å². The maximum atomic E-state index is 12.2. The first-order valence-corrected chi connectivity index (χ1v) is 7.98. The zero-order valence-electron chi connectivity index (χ0n) is 11.9. The molecular weight excluding hydrogens is 252 g/mol. The van der Waals surface area contributed by atoms with Crippen LogP contribution in [0.2, 0.25) is 0 Å². The van der Waals surface area contributed by atoms with Crippen molar-refractivity contribution in [1.82, 2.24) is 20.5 Å². The highest BCUT2D eigenvalue weighted by atomic mass is 16.2. The number of rotatable bonds is 3. The van der Waals surface area contributed by atoms with Crippen molar-refractivity contribution in [3.05, 3.63) is 11.6 Å². The second-order valence-electron chi connectivity index (χ2n) is 6.69. The van der Waals surface area contributed by atoms with Crippen molar-refractivity contribution in [3.63, 3.8) is 0 Å². The Labute approximate surface area is 118 Å². The molecule has 2 N–H and O–H groups in total. The molecule has 1 aromatic heterocycles. The van der Waals surface area contributed by atoms with Gasteiger partial charge in [0.05, 0.1) is 0 Å². The van der Waals surface area contributed by atoms with Gasteiger partial charge in [0.15, 0.2) is 0 Å². The van der Waals surface area contributed by atoms with Gasteiger partial charge in [-0.1, -0.05) is 13.3 Å². The van der Waals surface area contributed by atoms with Crippen LogP contribution in [0, 0.1) is 23.7 Å². The van der Waals surface area contributed by atoms with Crippen molar-refractivity contribution in [2.45, 2.75) is 51.5 Å². The van der Waals surface area contributed by atoms with Gasteiger partial charge in [-0.3, -0.25) is 9.89 Å². The zero-order chi connectivity index (χ0) is 13.7. The summed E-state index contributed by atoms with van der Waals surface area (Å²) >= 11 is 0. The predicted molar refractivity (Wildman–Crippen MR) is 74.1 cm³/mol. The molecule has 0 radical (unpaired) electrons. The second kappa shape index (κ2) is 4.57. The Hall–Kier alpha value is -1.39. The van der Waals surface area contributed by atoms with Gasteiger partial charge in [-0.25, -0.2) is 4.98 Å². The SMILES string of the molecule is CCc1nc(C(=O)NC2CC3CC2C2CCCC32)n[nH]1. The van der Waals surface area contributed by atoms with Crippen molar-refractivity contribution >= 4 is 5.91 Å². The van der Waals surface area contributed by atoms with E-state index in [0.717, 1.165) is 30.0 Å². The molecule has 0 aromatic carbocycles. The van der Waals surface area contributed by atoms with Crippen LogP contribution >= 0.6 is 0 Å². The monoisotopic (exact) mass is 274 g/mol. The molecule has 0 spiro atoms. The second-order valence-corrected chi connectivity index (χ2v) is 6.69. The van der Waals surface area contributed by atoms with Crippen molar-refractivity contribution < 1.29 is 4.79 Å². The fraction of sp³-hybridized carbons (Fsp3) is 0.800. The highest BCUT2D eigenvalue weighted by molar-refractivity contribution is 5.90. The first-order chi connectivity index (χ1) is 9.76. The maximum Gasteiger partial charge on any atom is 0.291 e. The predicted octanol–water partition coefficient (Wildman–Crippen LogP) is 1.92. The van der Waals surface area contributed by atoms with Gasteiger partial charge in [0.1, 0.15) is 5.82 Å². The average molecular weight is 274 g/mol. The topological polar surface area (TPSA) is 70.7 Å². The number of aromatic nitrogens is 3. The van der Waals surface area contributed by atoms with Gasteiger partial charge in [0, 0.05) is 12.5 Å². The molecule has 5 heteroatoms. The molecule has 3 saturated carbocycles. The van der Waals surface area contributed by atoms with Crippen LogP contribution < -0.4 is 5.32 Å². The van der Waals surface area contributed by atoms with E-state index in [1.807, 2.05) is 6.92 Å². The summed E-state index contributed by atoms with van der Waals surface area (Å²) in [6.45, 7) is 2.00. The summed E-state index contributed by atoms with van der Waals surface area (Å²) in [5.41, 5.74) is 0. The van der Waals surface area contributed by atoms with Crippen LogP contribution in [0.5, 0.6) is 0 Å². The lowest BCUT2D eigenvalue weighted by atomic mass is 9.79. The first-order valence-electron chi connectivity index (χ1n) is 7.98. The van der Waals surface area contributed by atoms with Crippen LogP contribution in [0.25, 0.3) is 0 Å². The molecule has 1 heterocycles. The quantitative estimate of drug-likeness (QED) is 0.884. The number of hydrogen-bond acceptors (Lipinski definition) is 3. The molecule has 2 bridgehead atoms. The molecule has 3 aliphatic rings. The Morgan fingerprint density at radius 2 is 2.15 bits per heavy atom. The van der Waals surface area contributed by atoms with Gasteiger partial charge in [0.2, 0.25) is 5.82 Å². The number of nitrogens with one attached hydrogen (secondary N) is 2. The Bertz CT molecular complexity index is 526. The Morgan fingerprint density at radius 3 is 2.95 bits per heavy atom. The molecule has 4 rings (SSSR count). The highest BCUT2D eigenvalue weighted by Gasteiger charge is 2.54. The lowest BCUT2D eigenvalue weighted by Crippen LogP contribution is -2.42. The smallest absolute Gasteiger partial charge is 0.291 e. The maximum absolute atomic E-state index is 12.2. The van der Waals surface area contributed by atoms with Crippen LogP contribution in [0.3, 0.4) is 0 Å². The van der Waals surface area contributed by atoms with E-state index in [4.69, 9.17) is 0 Å². The molecule has 0 saturated heterocycles. The molecule has 5 nitrogen and oxygen atoms in total. The van der Waals surface area contributed by atoms with Gasteiger partial charge >= 0.3 is 0 Å². The van der Waals surface area contributed by atoms with E-state index in [1.165, 1.54) is 32.1 Å². The van der Waals surface area contributed by atoms with E-state index < -0.39 is 0 Å². The molecule has 3 aliphatic carbocycles. The zero-order valence-corrected chi connectivity index (χ0v) is 11.9. The van der Waals surface area contributed by atoms with Crippen LogP contribution in [-0.4, -0.2) is 27.1 Å². The van der Waals surface area contributed by atoms with E-state index in [-0.39, 0.29) is 5.91 Å². The molecule has 1 amide bonds. The van der Waals surface area contributed by atoms with Crippen LogP contribution in [0.4, 0.5) is 0 Å². The summed E-state index contributed by atoms with van der Waals surface area (Å²) in [4.78, 5) is 16.5. The van der Waals surface area contributed by atoms with E-state index in [1.54, 1.807) is 0 Å². The standard InChI is InChI=1S/C15H22N4O/c1-2-13-17-14(19-18-13)15(20)16-12-7-8-6-11(12)10-5-3-4-9(8)10/h8-12H,2-7H2,1H3,(H,16,20)(H,17,18,19). The summed E-state index contributed by atoms with van der Waals surface area (Å²) in [5.74, 6) is 4.37. The molecule has 5 atom stereocenters. The number of amides is 1. The lowest BCUT2D eigenvalue weighted by molar-refractivity contribution is 0.0891. The fourth-order valence-corrected chi connectivity index (χ4v) is 5.02. The van der Waals surface area contributed by atoms with Crippen LogP contribution in [-0.2, 0) is 6.42 Å². The minimum atomic E-state index is -0.104.